The van der Waals surface area contributed by atoms with Gasteiger partial charge >= 0.3 is 0 Å². The van der Waals surface area contributed by atoms with Gasteiger partial charge in [-0.15, -0.1) is 0 Å². The number of rotatable bonds is 1. The summed E-state index contributed by atoms with van der Waals surface area (Å²) in [6.45, 7) is 0. The second kappa shape index (κ2) is 3.79. The summed E-state index contributed by atoms with van der Waals surface area (Å²) in [7, 11) is 0. The Morgan fingerprint density at radius 1 is 1.18 bits per heavy atom. The predicted octanol–water partition coefficient (Wildman–Crippen LogP) is 3.36. The van der Waals surface area contributed by atoms with Crippen molar-refractivity contribution in [2.24, 2.45) is 0 Å². The molecule has 0 atom stereocenters. The molecule has 3 nitrogen and oxygen atoms in total. The molecule has 0 saturated heterocycles. The Morgan fingerprint density at radius 2 is 2.06 bits per heavy atom. The fourth-order valence-electron chi connectivity index (χ4n) is 1.85. The first kappa shape index (κ1) is 10.2. The molecule has 0 aliphatic carbocycles. The van der Waals surface area contributed by atoms with E-state index in [1.165, 1.54) is 0 Å². The summed E-state index contributed by atoms with van der Waals surface area (Å²) in [6.07, 6.45) is 3.62. The molecule has 0 spiro atoms. The van der Waals surface area contributed by atoms with E-state index in [1.807, 2.05) is 28.8 Å². The number of pyridine rings is 1. The maximum absolute atomic E-state index is 9.48. The standard InChI is InChI=1S/C13H9ClN2O/c14-11-5-2-6-16-12(11)8-15-13(16)9-3-1-4-10(17)7-9/h1-8,17H. The molecule has 0 aliphatic heterocycles. The lowest BCUT2D eigenvalue weighted by Crippen LogP contribution is -1.88. The van der Waals surface area contributed by atoms with E-state index < -0.39 is 0 Å². The van der Waals surface area contributed by atoms with Crippen LogP contribution in [0.4, 0.5) is 0 Å². The van der Waals surface area contributed by atoms with Crippen molar-refractivity contribution in [2.45, 2.75) is 0 Å². The van der Waals surface area contributed by atoms with Gasteiger partial charge in [-0.2, -0.15) is 0 Å². The van der Waals surface area contributed by atoms with Crippen LogP contribution in [0.25, 0.3) is 16.9 Å². The van der Waals surface area contributed by atoms with Gasteiger partial charge < -0.3 is 5.11 Å². The number of fused-ring (bicyclic) bond motifs is 1. The number of aromatic hydroxyl groups is 1. The molecule has 84 valence electrons. The molecule has 0 saturated carbocycles. The number of imidazole rings is 1. The van der Waals surface area contributed by atoms with Crippen LogP contribution in [0.15, 0.2) is 48.8 Å². The molecule has 4 heteroatoms. The lowest BCUT2D eigenvalue weighted by Gasteiger charge is -2.02. The van der Waals surface area contributed by atoms with Crippen LogP contribution in [0.2, 0.25) is 5.02 Å². The van der Waals surface area contributed by atoms with Crippen LogP contribution >= 0.6 is 11.6 Å². The minimum absolute atomic E-state index is 0.223. The normalized spacial score (nSPS) is 10.9. The number of benzene rings is 1. The first-order valence-electron chi connectivity index (χ1n) is 5.17. The largest absolute Gasteiger partial charge is 0.508 e. The van der Waals surface area contributed by atoms with Gasteiger partial charge in [-0.25, -0.2) is 4.98 Å². The molecule has 0 amide bonds. The predicted molar refractivity (Wildman–Crippen MR) is 67.3 cm³/mol. The number of hydrogen-bond donors (Lipinski definition) is 1. The molecule has 0 radical (unpaired) electrons. The number of aromatic nitrogens is 2. The van der Waals surface area contributed by atoms with Crippen molar-refractivity contribution in [2.75, 3.05) is 0 Å². The van der Waals surface area contributed by atoms with Gasteiger partial charge in [0.2, 0.25) is 0 Å². The summed E-state index contributed by atoms with van der Waals surface area (Å²) in [6, 6.07) is 10.7. The third kappa shape index (κ3) is 1.65. The van der Waals surface area contributed by atoms with Crippen molar-refractivity contribution < 1.29 is 5.11 Å². The van der Waals surface area contributed by atoms with Crippen LogP contribution in [0.1, 0.15) is 0 Å². The highest BCUT2D eigenvalue weighted by molar-refractivity contribution is 6.33. The molecule has 3 aromatic rings. The SMILES string of the molecule is Oc1cccc(-c2ncc3c(Cl)cccn23)c1. The molecule has 0 aliphatic rings. The van der Waals surface area contributed by atoms with E-state index >= 15 is 0 Å². The van der Waals surface area contributed by atoms with Gasteiger partial charge in [0.15, 0.2) is 0 Å². The van der Waals surface area contributed by atoms with Crippen LogP contribution in [0, 0.1) is 0 Å². The molecule has 0 bridgehead atoms. The van der Waals surface area contributed by atoms with E-state index in [4.69, 9.17) is 11.6 Å². The van der Waals surface area contributed by atoms with Crippen molar-refractivity contribution in [1.82, 2.24) is 9.38 Å². The molecule has 3 rings (SSSR count). The molecular formula is C13H9ClN2O. The van der Waals surface area contributed by atoms with E-state index in [1.54, 1.807) is 24.4 Å². The Morgan fingerprint density at radius 3 is 2.88 bits per heavy atom. The fourth-order valence-corrected chi connectivity index (χ4v) is 2.06. The van der Waals surface area contributed by atoms with Crippen molar-refractivity contribution in [3.05, 3.63) is 53.8 Å². The van der Waals surface area contributed by atoms with Gasteiger partial charge in [-0.05, 0) is 24.3 Å². The van der Waals surface area contributed by atoms with Crippen LogP contribution in [0.5, 0.6) is 5.75 Å². The number of nitrogens with zero attached hydrogens (tertiary/aromatic N) is 2. The van der Waals surface area contributed by atoms with Crippen molar-refractivity contribution >= 4 is 17.1 Å². The highest BCUT2D eigenvalue weighted by atomic mass is 35.5. The lowest BCUT2D eigenvalue weighted by atomic mass is 10.2. The first-order chi connectivity index (χ1) is 8.25. The Hall–Kier alpha value is -2.00. The van der Waals surface area contributed by atoms with E-state index in [0.29, 0.717) is 5.02 Å². The maximum Gasteiger partial charge on any atom is 0.144 e. The zero-order valence-electron chi connectivity index (χ0n) is 8.84. The van der Waals surface area contributed by atoms with Gasteiger partial charge in [0.05, 0.1) is 16.7 Å². The topological polar surface area (TPSA) is 37.5 Å². The van der Waals surface area contributed by atoms with Gasteiger partial charge in [0.25, 0.3) is 0 Å². The monoisotopic (exact) mass is 244 g/mol. The minimum Gasteiger partial charge on any atom is -0.508 e. The minimum atomic E-state index is 0.223. The Labute approximate surface area is 103 Å². The quantitative estimate of drug-likeness (QED) is 0.713. The van der Waals surface area contributed by atoms with E-state index in [-0.39, 0.29) is 5.75 Å². The zero-order valence-corrected chi connectivity index (χ0v) is 9.59. The van der Waals surface area contributed by atoms with Gasteiger partial charge in [0, 0.05) is 11.8 Å². The van der Waals surface area contributed by atoms with E-state index in [9.17, 15) is 5.11 Å². The Kier molecular flexibility index (Phi) is 2.27. The van der Waals surface area contributed by atoms with Crippen molar-refractivity contribution in [3.63, 3.8) is 0 Å². The fraction of sp³-hybridized carbons (Fsp3) is 0. The van der Waals surface area contributed by atoms with Crippen molar-refractivity contribution in [3.8, 4) is 17.1 Å². The van der Waals surface area contributed by atoms with Crippen LogP contribution in [-0.4, -0.2) is 14.5 Å². The molecule has 0 unspecified atom stereocenters. The molecule has 2 aromatic heterocycles. The Balaban J connectivity index is 2.28. The smallest absolute Gasteiger partial charge is 0.144 e. The van der Waals surface area contributed by atoms with E-state index in [0.717, 1.165) is 16.9 Å². The zero-order chi connectivity index (χ0) is 11.8. The number of hydrogen-bond acceptors (Lipinski definition) is 2. The summed E-state index contributed by atoms with van der Waals surface area (Å²) < 4.78 is 1.90. The average molecular weight is 245 g/mol. The third-order valence-electron chi connectivity index (χ3n) is 2.62. The second-order valence-electron chi connectivity index (χ2n) is 3.74. The van der Waals surface area contributed by atoms with Crippen molar-refractivity contribution in [1.29, 1.82) is 0 Å². The van der Waals surface area contributed by atoms with E-state index in [2.05, 4.69) is 4.98 Å². The second-order valence-corrected chi connectivity index (χ2v) is 4.15. The number of phenols is 1. The number of phenolic OH excluding ortho intramolecular Hbond substituents is 1. The molecular weight excluding hydrogens is 236 g/mol. The average Bonchev–Trinajstić information content (AvgIpc) is 2.74. The summed E-state index contributed by atoms with van der Waals surface area (Å²) in [5, 5.41) is 10.1. The molecule has 2 heterocycles. The summed E-state index contributed by atoms with van der Waals surface area (Å²) in [4.78, 5) is 4.33. The summed E-state index contributed by atoms with van der Waals surface area (Å²) >= 11 is 6.08. The summed E-state index contributed by atoms with van der Waals surface area (Å²) in [5.74, 6) is 0.986. The molecule has 1 aromatic carbocycles. The van der Waals surface area contributed by atoms with Crippen LogP contribution in [-0.2, 0) is 0 Å². The van der Waals surface area contributed by atoms with Gasteiger partial charge in [-0.3, -0.25) is 4.40 Å². The van der Waals surface area contributed by atoms with Gasteiger partial charge in [0.1, 0.15) is 11.6 Å². The van der Waals surface area contributed by atoms with Crippen LogP contribution < -0.4 is 0 Å². The van der Waals surface area contributed by atoms with Crippen LogP contribution in [0.3, 0.4) is 0 Å². The Bertz CT molecular complexity index is 691. The molecule has 17 heavy (non-hydrogen) atoms. The highest BCUT2D eigenvalue weighted by Gasteiger charge is 2.08. The molecule has 1 N–H and O–H groups in total. The highest BCUT2D eigenvalue weighted by Crippen LogP contribution is 2.25. The number of halogens is 1. The lowest BCUT2D eigenvalue weighted by molar-refractivity contribution is 0.475. The maximum atomic E-state index is 9.48. The summed E-state index contributed by atoms with van der Waals surface area (Å²) in [5.41, 5.74) is 1.71. The van der Waals surface area contributed by atoms with Gasteiger partial charge in [-0.1, -0.05) is 23.7 Å². The first-order valence-corrected chi connectivity index (χ1v) is 5.54. The molecule has 0 fully saturated rings. The third-order valence-corrected chi connectivity index (χ3v) is 2.94.